The first-order chi connectivity index (χ1) is 10.2. The van der Waals surface area contributed by atoms with Crippen LogP contribution in [0.3, 0.4) is 0 Å². The lowest BCUT2D eigenvalue weighted by Crippen LogP contribution is -1.97. The molecule has 6 heteroatoms. The van der Waals surface area contributed by atoms with Gasteiger partial charge in [-0.1, -0.05) is 18.2 Å². The molecule has 21 heavy (non-hydrogen) atoms. The van der Waals surface area contributed by atoms with Gasteiger partial charge >= 0.3 is 5.97 Å². The van der Waals surface area contributed by atoms with E-state index >= 15 is 0 Å². The fraction of sp³-hybridized carbons (Fsp3) is 0. The number of carboxylic acid groups (broad SMARTS) is 1. The number of carboxylic acids is 1. The van der Waals surface area contributed by atoms with Crippen molar-refractivity contribution in [3.63, 3.8) is 0 Å². The molecule has 0 aliphatic carbocycles. The summed E-state index contributed by atoms with van der Waals surface area (Å²) in [7, 11) is 0. The molecule has 0 saturated carbocycles. The van der Waals surface area contributed by atoms with Crippen molar-refractivity contribution in [1.29, 1.82) is 0 Å². The summed E-state index contributed by atoms with van der Waals surface area (Å²) in [6.45, 7) is 0. The first kappa shape index (κ1) is 11.7. The number of hydrogen-bond donors (Lipinski definition) is 2. The summed E-state index contributed by atoms with van der Waals surface area (Å²) < 4.78 is 5.72. The summed E-state index contributed by atoms with van der Waals surface area (Å²) in [5.74, 6) is -0.0184. The second kappa shape index (κ2) is 4.17. The van der Waals surface area contributed by atoms with E-state index in [1.807, 2.05) is 30.3 Å². The Balaban J connectivity index is 1.94. The first-order valence-corrected chi connectivity index (χ1v) is 6.29. The fourth-order valence-electron chi connectivity index (χ4n) is 2.30. The van der Waals surface area contributed by atoms with Crippen LogP contribution < -0.4 is 0 Å². The number of aromatic amines is 1. The van der Waals surface area contributed by atoms with Gasteiger partial charge in [-0.05, 0) is 18.2 Å². The van der Waals surface area contributed by atoms with Gasteiger partial charge in [-0.25, -0.2) is 14.8 Å². The smallest absolute Gasteiger partial charge is 0.338 e. The van der Waals surface area contributed by atoms with Gasteiger partial charge in [-0.3, -0.25) is 0 Å². The van der Waals surface area contributed by atoms with Gasteiger partial charge in [0.1, 0.15) is 5.58 Å². The maximum Gasteiger partial charge on any atom is 0.338 e. The van der Waals surface area contributed by atoms with Gasteiger partial charge in [-0.15, -0.1) is 0 Å². The van der Waals surface area contributed by atoms with Gasteiger partial charge in [-0.2, -0.15) is 0 Å². The Morgan fingerprint density at radius 3 is 2.90 bits per heavy atom. The van der Waals surface area contributed by atoms with Crippen LogP contribution in [-0.2, 0) is 0 Å². The molecule has 3 aromatic heterocycles. The van der Waals surface area contributed by atoms with E-state index in [0.717, 1.165) is 11.0 Å². The van der Waals surface area contributed by atoms with Crippen molar-refractivity contribution in [2.24, 2.45) is 0 Å². The van der Waals surface area contributed by atoms with Crippen molar-refractivity contribution in [2.75, 3.05) is 0 Å². The molecule has 4 rings (SSSR count). The van der Waals surface area contributed by atoms with Gasteiger partial charge in [0.2, 0.25) is 0 Å². The predicted octanol–water partition coefficient (Wildman–Crippen LogP) is 3.07. The SMILES string of the molecule is O=C(O)c1ccnc2nc(-c3cc4ccccc4o3)[nH]c12. The molecule has 3 heterocycles. The number of rotatable bonds is 2. The van der Waals surface area contributed by atoms with Crippen molar-refractivity contribution in [3.05, 3.63) is 48.2 Å². The van der Waals surface area contributed by atoms with E-state index in [-0.39, 0.29) is 5.56 Å². The second-order valence-electron chi connectivity index (χ2n) is 4.60. The summed E-state index contributed by atoms with van der Waals surface area (Å²) in [6.07, 6.45) is 1.43. The standard InChI is InChI=1S/C15H9N3O3/c19-15(20)9-5-6-16-14-12(9)17-13(18-14)11-7-8-3-1-2-4-10(8)21-11/h1-7H,(H,19,20)(H,16,17,18). The van der Waals surface area contributed by atoms with Crippen LogP contribution in [0.2, 0.25) is 0 Å². The topological polar surface area (TPSA) is 92.0 Å². The Hall–Kier alpha value is -3.15. The molecule has 102 valence electrons. The number of furan rings is 1. The third-order valence-electron chi connectivity index (χ3n) is 3.28. The number of benzene rings is 1. The Kier molecular flexibility index (Phi) is 2.32. The van der Waals surface area contributed by atoms with Gasteiger partial charge in [0.15, 0.2) is 17.2 Å². The largest absolute Gasteiger partial charge is 0.478 e. The highest BCUT2D eigenvalue weighted by Gasteiger charge is 2.16. The highest BCUT2D eigenvalue weighted by Crippen LogP contribution is 2.27. The lowest BCUT2D eigenvalue weighted by atomic mass is 10.2. The summed E-state index contributed by atoms with van der Waals surface area (Å²) in [5.41, 5.74) is 1.63. The molecular weight excluding hydrogens is 270 g/mol. The summed E-state index contributed by atoms with van der Waals surface area (Å²) in [6, 6.07) is 10.9. The number of carbonyl (C=O) groups is 1. The molecule has 0 unspecified atom stereocenters. The lowest BCUT2D eigenvalue weighted by molar-refractivity contribution is 0.0698. The molecule has 2 N–H and O–H groups in total. The molecule has 0 aliphatic rings. The average molecular weight is 279 g/mol. The summed E-state index contributed by atoms with van der Waals surface area (Å²) in [5, 5.41) is 10.1. The van der Waals surface area contributed by atoms with Crippen LogP contribution in [-0.4, -0.2) is 26.0 Å². The minimum Gasteiger partial charge on any atom is -0.478 e. The molecule has 0 fully saturated rings. The summed E-state index contributed by atoms with van der Waals surface area (Å²) >= 11 is 0. The zero-order valence-electron chi connectivity index (χ0n) is 10.7. The van der Waals surface area contributed by atoms with Gasteiger partial charge in [0, 0.05) is 11.6 Å². The highest BCUT2D eigenvalue weighted by atomic mass is 16.4. The number of pyridine rings is 1. The third kappa shape index (κ3) is 1.77. The Morgan fingerprint density at radius 2 is 2.10 bits per heavy atom. The Bertz CT molecular complexity index is 951. The van der Waals surface area contributed by atoms with Gasteiger partial charge < -0.3 is 14.5 Å². The van der Waals surface area contributed by atoms with E-state index < -0.39 is 5.97 Å². The molecule has 4 aromatic rings. The molecule has 0 aliphatic heterocycles. The highest BCUT2D eigenvalue weighted by molar-refractivity contribution is 6.00. The number of imidazole rings is 1. The van der Waals surface area contributed by atoms with E-state index in [9.17, 15) is 9.90 Å². The molecule has 0 spiro atoms. The monoisotopic (exact) mass is 279 g/mol. The average Bonchev–Trinajstić information content (AvgIpc) is 3.09. The van der Waals surface area contributed by atoms with Crippen LogP contribution in [0.1, 0.15) is 10.4 Å². The minimum atomic E-state index is -1.03. The number of hydrogen-bond acceptors (Lipinski definition) is 4. The maximum atomic E-state index is 11.2. The van der Waals surface area contributed by atoms with Crippen LogP contribution in [0.25, 0.3) is 33.7 Å². The molecule has 0 bridgehead atoms. The molecule has 0 atom stereocenters. The number of aromatic nitrogens is 3. The Morgan fingerprint density at radius 1 is 1.24 bits per heavy atom. The van der Waals surface area contributed by atoms with Crippen LogP contribution in [0.15, 0.2) is 47.0 Å². The van der Waals surface area contributed by atoms with Crippen LogP contribution in [0.4, 0.5) is 0 Å². The quantitative estimate of drug-likeness (QED) is 0.588. The molecule has 1 aromatic carbocycles. The van der Waals surface area contributed by atoms with Crippen LogP contribution in [0, 0.1) is 0 Å². The molecule has 0 amide bonds. The van der Waals surface area contributed by atoms with Crippen molar-refractivity contribution in [2.45, 2.75) is 0 Å². The lowest BCUT2D eigenvalue weighted by Gasteiger charge is -1.93. The number of nitrogens with one attached hydrogen (secondary N) is 1. The van der Waals surface area contributed by atoms with Gasteiger partial charge in [0.25, 0.3) is 0 Å². The molecule has 0 saturated heterocycles. The minimum absolute atomic E-state index is 0.134. The third-order valence-corrected chi connectivity index (χ3v) is 3.28. The predicted molar refractivity (Wildman–Crippen MR) is 76.1 cm³/mol. The van der Waals surface area contributed by atoms with Crippen molar-refractivity contribution in [1.82, 2.24) is 15.0 Å². The van der Waals surface area contributed by atoms with E-state index in [0.29, 0.717) is 22.7 Å². The number of nitrogens with zero attached hydrogens (tertiary/aromatic N) is 2. The molecule has 6 nitrogen and oxygen atoms in total. The normalized spacial score (nSPS) is 11.2. The van der Waals surface area contributed by atoms with E-state index in [1.54, 1.807) is 0 Å². The van der Waals surface area contributed by atoms with Gasteiger partial charge in [0.05, 0.1) is 11.1 Å². The van der Waals surface area contributed by atoms with Crippen LogP contribution in [0.5, 0.6) is 0 Å². The van der Waals surface area contributed by atoms with Crippen molar-refractivity contribution < 1.29 is 14.3 Å². The van der Waals surface area contributed by atoms with Crippen LogP contribution >= 0.6 is 0 Å². The number of para-hydroxylation sites is 1. The van der Waals surface area contributed by atoms with E-state index in [1.165, 1.54) is 12.3 Å². The summed E-state index contributed by atoms with van der Waals surface area (Å²) in [4.78, 5) is 22.6. The first-order valence-electron chi connectivity index (χ1n) is 6.29. The maximum absolute atomic E-state index is 11.2. The van der Waals surface area contributed by atoms with Crippen molar-refractivity contribution in [3.8, 4) is 11.6 Å². The number of fused-ring (bicyclic) bond motifs is 2. The fourth-order valence-corrected chi connectivity index (χ4v) is 2.30. The molecular formula is C15H9N3O3. The number of H-pyrrole nitrogens is 1. The van der Waals surface area contributed by atoms with Crippen molar-refractivity contribution >= 4 is 28.1 Å². The molecule has 0 radical (unpaired) electrons. The van der Waals surface area contributed by atoms with E-state index in [2.05, 4.69) is 15.0 Å². The Labute approximate surface area is 118 Å². The second-order valence-corrected chi connectivity index (χ2v) is 4.60. The number of aromatic carboxylic acids is 1. The van der Waals surface area contributed by atoms with E-state index in [4.69, 9.17) is 4.42 Å². The zero-order chi connectivity index (χ0) is 14.4. The zero-order valence-corrected chi connectivity index (χ0v) is 10.7.